The van der Waals surface area contributed by atoms with E-state index in [-0.39, 0.29) is 29.8 Å². The van der Waals surface area contributed by atoms with Crippen molar-refractivity contribution in [2.24, 2.45) is 0 Å². The predicted molar refractivity (Wildman–Crippen MR) is 97.2 cm³/mol. The van der Waals surface area contributed by atoms with E-state index in [4.69, 9.17) is 4.74 Å². The molecule has 1 N–H and O–H groups in total. The van der Waals surface area contributed by atoms with Crippen LogP contribution in [-0.2, 0) is 4.79 Å². The van der Waals surface area contributed by atoms with E-state index in [0.717, 1.165) is 0 Å². The number of hydrogen-bond donors (Lipinski definition) is 1. The Kier molecular flexibility index (Phi) is 6.11. The SMILES string of the molecule is COc1ccc(NC(=O)CN(c2ccc(F)cc2)C(C)C)c([N+](=O)[O-])c1. The molecule has 0 aromatic heterocycles. The molecule has 7 nitrogen and oxygen atoms in total. The van der Waals surface area contributed by atoms with E-state index in [2.05, 4.69) is 5.32 Å². The van der Waals surface area contributed by atoms with E-state index in [1.807, 2.05) is 13.8 Å². The van der Waals surface area contributed by atoms with Gasteiger partial charge in [0.05, 0.1) is 24.6 Å². The molecule has 0 aliphatic heterocycles. The molecule has 1 amide bonds. The molecule has 2 aromatic rings. The number of nitrogens with zero attached hydrogens (tertiary/aromatic N) is 2. The van der Waals surface area contributed by atoms with Crippen molar-refractivity contribution < 1.29 is 18.8 Å². The molecule has 26 heavy (non-hydrogen) atoms. The van der Waals surface area contributed by atoms with Crippen molar-refractivity contribution in [3.05, 3.63) is 58.4 Å². The number of nitro benzene ring substituents is 1. The van der Waals surface area contributed by atoms with Crippen molar-refractivity contribution in [2.75, 3.05) is 23.9 Å². The molecule has 0 spiro atoms. The molecule has 2 rings (SSSR count). The summed E-state index contributed by atoms with van der Waals surface area (Å²) in [6.07, 6.45) is 0. The van der Waals surface area contributed by atoms with Crippen molar-refractivity contribution in [3.8, 4) is 5.75 Å². The number of nitrogens with one attached hydrogen (secondary N) is 1. The van der Waals surface area contributed by atoms with Crippen LogP contribution in [0.4, 0.5) is 21.5 Å². The van der Waals surface area contributed by atoms with E-state index in [9.17, 15) is 19.3 Å². The van der Waals surface area contributed by atoms with Crippen molar-refractivity contribution in [3.63, 3.8) is 0 Å². The normalized spacial score (nSPS) is 10.5. The minimum atomic E-state index is -0.585. The molecule has 8 heteroatoms. The fraction of sp³-hybridized carbons (Fsp3) is 0.278. The highest BCUT2D eigenvalue weighted by Crippen LogP contribution is 2.29. The average molecular weight is 361 g/mol. The third-order valence-electron chi connectivity index (χ3n) is 3.77. The Labute approximate surface area is 150 Å². The molecule has 0 saturated carbocycles. The summed E-state index contributed by atoms with van der Waals surface area (Å²) in [5.74, 6) is -0.461. The summed E-state index contributed by atoms with van der Waals surface area (Å²) in [4.78, 5) is 24.8. The zero-order chi connectivity index (χ0) is 19.3. The molecule has 0 heterocycles. The van der Waals surface area contributed by atoms with Crippen LogP contribution in [0.1, 0.15) is 13.8 Å². The van der Waals surface area contributed by atoms with Crippen LogP contribution in [0.2, 0.25) is 0 Å². The van der Waals surface area contributed by atoms with Crippen molar-refractivity contribution in [1.29, 1.82) is 0 Å². The van der Waals surface area contributed by atoms with Gasteiger partial charge in [-0.2, -0.15) is 0 Å². The molecule has 0 bridgehead atoms. The standard InChI is InChI=1S/C18H20FN3O4/c1-12(2)21(14-6-4-13(19)5-7-14)11-18(23)20-16-9-8-15(26-3)10-17(16)22(24)25/h4-10,12H,11H2,1-3H3,(H,20,23). The molecular formula is C18H20FN3O4. The predicted octanol–water partition coefficient (Wildman–Crippen LogP) is 3.60. The number of hydrogen-bond acceptors (Lipinski definition) is 5. The Morgan fingerprint density at radius 2 is 1.92 bits per heavy atom. The lowest BCUT2D eigenvalue weighted by atomic mass is 10.2. The van der Waals surface area contributed by atoms with E-state index >= 15 is 0 Å². The number of benzene rings is 2. The summed E-state index contributed by atoms with van der Waals surface area (Å²) >= 11 is 0. The van der Waals surface area contributed by atoms with Crippen LogP contribution in [0.25, 0.3) is 0 Å². The molecule has 138 valence electrons. The lowest BCUT2D eigenvalue weighted by Crippen LogP contribution is -2.38. The summed E-state index contributed by atoms with van der Waals surface area (Å²) in [6, 6.07) is 9.97. The molecule has 2 aromatic carbocycles. The number of halogens is 1. The largest absolute Gasteiger partial charge is 0.496 e. The Hall–Kier alpha value is -3.16. The topological polar surface area (TPSA) is 84.7 Å². The number of ether oxygens (including phenoxy) is 1. The van der Waals surface area contributed by atoms with Crippen molar-refractivity contribution >= 4 is 23.0 Å². The van der Waals surface area contributed by atoms with E-state index in [1.165, 1.54) is 37.4 Å². The lowest BCUT2D eigenvalue weighted by Gasteiger charge is -2.28. The second kappa shape index (κ2) is 8.28. The summed E-state index contributed by atoms with van der Waals surface area (Å²) in [6.45, 7) is 3.76. The van der Waals surface area contributed by atoms with Gasteiger partial charge in [-0.05, 0) is 50.2 Å². The van der Waals surface area contributed by atoms with Gasteiger partial charge < -0.3 is 15.0 Å². The highest BCUT2D eigenvalue weighted by atomic mass is 19.1. The van der Waals surface area contributed by atoms with Gasteiger partial charge in [-0.15, -0.1) is 0 Å². The maximum Gasteiger partial charge on any atom is 0.296 e. The summed E-state index contributed by atoms with van der Waals surface area (Å²) in [5, 5.41) is 13.8. The van der Waals surface area contributed by atoms with Crippen LogP contribution in [0.5, 0.6) is 5.75 Å². The molecular weight excluding hydrogens is 341 g/mol. The number of rotatable bonds is 7. The Bertz CT molecular complexity index is 794. The molecule has 0 radical (unpaired) electrons. The van der Waals surface area contributed by atoms with E-state index < -0.39 is 10.8 Å². The minimum absolute atomic E-state index is 0.0305. The zero-order valence-electron chi connectivity index (χ0n) is 14.7. The van der Waals surface area contributed by atoms with Crippen LogP contribution in [-0.4, -0.2) is 30.5 Å². The summed E-state index contributed by atoms with van der Waals surface area (Å²) in [5.41, 5.74) is 0.514. The number of carbonyl (C=O) groups is 1. The van der Waals surface area contributed by atoms with Crippen LogP contribution in [0.3, 0.4) is 0 Å². The molecule has 0 aliphatic carbocycles. The van der Waals surface area contributed by atoms with Gasteiger partial charge >= 0.3 is 0 Å². The van der Waals surface area contributed by atoms with Gasteiger partial charge in [0, 0.05) is 11.7 Å². The highest BCUT2D eigenvalue weighted by molar-refractivity contribution is 5.96. The third-order valence-corrected chi connectivity index (χ3v) is 3.77. The van der Waals surface area contributed by atoms with Gasteiger partial charge in [-0.3, -0.25) is 14.9 Å². The number of amides is 1. The molecule has 0 aliphatic rings. The first-order valence-corrected chi connectivity index (χ1v) is 7.96. The fourth-order valence-electron chi connectivity index (χ4n) is 2.44. The van der Waals surface area contributed by atoms with Crippen LogP contribution in [0.15, 0.2) is 42.5 Å². The number of anilines is 2. The quantitative estimate of drug-likeness (QED) is 0.602. The second-order valence-corrected chi connectivity index (χ2v) is 5.89. The Morgan fingerprint density at radius 3 is 2.46 bits per heavy atom. The summed E-state index contributed by atoms with van der Waals surface area (Å²) in [7, 11) is 1.40. The first kappa shape index (κ1) is 19.2. The molecule has 0 unspecified atom stereocenters. The molecule has 0 atom stereocenters. The lowest BCUT2D eigenvalue weighted by molar-refractivity contribution is -0.384. The first-order chi connectivity index (χ1) is 12.3. The Morgan fingerprint density at radius 1 is 1.27 bits per heavy atom. The fourth-order valence-corrected chi connectivity index (χ4v) is 2.44. The first-order valence-electron chi connectivity index (χ1n) is 7.96. The minimum Gasteiger partial charge on any atom is -0.496 e. The number of carbonyl (C=O) groups excluding carboxylic acids is 1. The smallest absolute Gasteiger partial charge is 0.296 e. The highest BCUT2D eigenvalue weighted by Gasteiger charge is 2.20. The maximum absolute atomic E-state index is 13.1. The molecule has 0 saturated heterocycles. The van der Waals surface area contributed by atoms with Gasteiger partial charge in [0.1, 0.15) is 17.3 Å². The average Bonchev–Trinajstić information content (AvgIpc) is 2.60. The van der Waals surface area contributed by atoms with Gasteiger partial charge in [0.25, 0.3) is 5.69 Å². The van der Waals surface area contributed by atoms with Crippen LogP contribution >= 0.6 is 0 Å². The van der Waals surface area contributed by atoms with E-state index in [0.29, 0.717) is 11.4 Å². The zero-order valence-corrected chi connectivity index (χ0v) is 14.7. The number of methoxy groups -OCH3 is 1. The van der Waals surface area contributed by atoms with E-state index in [1.54, 1.807) is 17.0 Å². The van der Waals surface area contributed by atoms with Gasteiger partial charge in [0.2, 0.25) is 5.91 Å². The van der Waals surface area contributed by atoms with Crippen LogP contribution in [0, 0.1) is 15.9 Å². The second-order valence-electron chi connectivity index (χ2n) is 5.89. The number of nitro groups is 1. The summed E-state index contributed by atoms with van der Waals surface area (Å²) < 4.78 is 18.1. The van der Waals surface area contributed by atoms with Crippen molar-refractivity contribution in [1.82, 2.24) is 0 Å². The van der Waals surface area contributed by atoms with Gasteiger partial charge in [-0.1, -0.05) is 0 Å². The third kappa shape index (κ3) is 4.69. The van der Waals surface area contributed by atoms with Gasteiger partial charge in [-0.25, -0.2) is 4.39 Å². The monoisotopic (exact) mass is 361 g/mol. The van der Waals surface area contributed by atoms with Crippen LogP contribution < -0.4 is 15.0 Å². The molecule has 0 fully saturated rings. The van der Waals surface area contributed by atoms with Gasteiger partial charge in [0.15, 0.2) is 0 Å². The Balaban J connectivity index is 2.18. The maximum atomic E-state index is 13.1. The van der Waals surface area contributed by atoms with Crippen molar-refractivity contribution in [2.45, 2.75) is 19.9 Å².